The van der Waals surface area contributed by atoms with E-state index in [4.69, 9.17) is 5.14 Å². The Morgan fingerprint density at radius 3 is 2.59 bits per heavy atom. The SMILES string of the molecule is CC1CN(c2nc3c(nc2C(=O)Nc2ccnc(S(N)(=O)=O)c2)CCCC3)CCC1(F)F. The summed E-state index contributed by atoms with van der Waals surface area (Å²) in [6, 6.07) is 2.56. The number of alkyl halides is 2. The molecule has 1 fully saturated rings. The van der Waals surface area contributed by atoms with Crippen molar-refractivity contribution in [3.8, 4) is 0 Å². The van der Waals surface area contributed by atoms with Crippen LogP contribution in [-0.4, -0.2) is 48.3 Å². The van der Waals surface area contributed by atoms with Gasteiger partial charge in [0, 0.05) is 43.4 Å². The largest absolute Gasteiger partial charge is 0.354 e. The van der Waals surface area contributed by atoms with Crippen LogP contribution in [0.15, 0.2) is 23.4 Å². The molecule has 1 atom stereocenters. The van der Waals surface area contributed by atoms with Crippen LogP contribution in [0.2, 0.25) is 0 Å². The molecule has 1 aliphatic heterocycles. The number of halogens is 2. The minimum atomic E-state index is -4.05. The molecule has 2 aliphatic rings. The average molecular weight is 467 g/mol. The highest BCUT2D eigenvalue weighted by Gasteiger charge is 2.42. The molecule has 0 radical (unpaired) electrons. The van der Waals surface area contributed by atoms with Gasteiger partial charge in [-0.1, -0.05) is 6.92 Å². The number of aromatic nitrogens is 3. The minimum Gasteiger partial charge on any atom is -0.354 e. The van der Waals surface area contributed by atoms with Crippen LogP contribution in [-0.2, 0) is 22.9 Å². The maximum Gasteiger partial charge on any atom is 0.278 e. The van der Waals surface area contributed by atoms with Gasteiger partial charge in [0.05, 0.1) is 11.4 Å². The van der Waals surface area contributed by atoms with E-state index in [-0.39, 0.29) is 41.7 Å². The highest BCUT2D eigenvalue weighted by molar-refractivity contribution is 7.89. The van der Waals surface area contributed by atoms with Crippen molar-refractivity contribution < 1.29 is 22.0 Å². The number of carbonyl (C=O) groups excluding carboxylic acids is 1. The van der Waals surface area contributed by atoms with E-state index in [1.165, 1.54) is 19.2 Å². The summed E-state index contributed by atoms with van der Waals surface area (Å²) in [5, 5.41) is 7.33. The summed E-state index contributed by atoms with van der Waals surface area (Å²) in [5.74, 6) is -4.02. The first kappa shape index (κ1) is 22.5. The lowest BCUT2D eigenvalue weighted by Crippen LogP contribution is -2.47. The molecule has 0 aromatic carbocycles. The molecule has 3 heterocycles. The summed E-state index contributed by atoms with van der Waals surface area (Å²) in [4.78, 5) is 27.7. The van der Waals surface area contributed by atoms with Crippen LogP contribution >= 0.6 is 0 Å². The second kappa shape index (κ2) is 8.32. The van der Waals surface area contributed by atoms with Crippen molar-refractivity contribution in [1.82, 2.24) is 15.0 Å². The van der Waals surface area contributed by atoms with Crippen LogP contribution in [0.4, 0.5) is 20.3 Å². The second-order valence-corrected chi connectivity index (χ2v) is 9.74. The molecule has 9 nitrogen and oxygen atoms in total. The minimum absolute atomic E-state index is 0.0250. The summed E-state index contributed by atoms with van der Waals surface area (Å²) in [5.41, 5.74) is 1.70. The zero-order valence-corrected chi connectivity index (χ0v) is 18.3. The van der Waals surface area contributed by atoms with Gasteiger partial charge in [-0.05, 0) is 31.7 Å². The van der Waals surface area contributed by atoms with Gasteiger partial charge in [0.25, 0.3) is 21.9 Å². The van der Waals surface area contributed by atoms with Gasteiger partial charge in [-0.2, -0.15) is 0 Å². The summed E-state index contributed by atoms with van der Waals surface area (Å²) in [6.45, 7) is 1.57. The third-order valence-corrected chi connectivity index (χ3v) is 6.65. The lowest BCUT2D eigenvalue weighted by atomic mass is 9.95. The summed E-state index contributed by atoms with van der Waals surface area (Å²) < 4.78 is 51.2. The van der Waals surface area contributed by atoms with Gasteiger partial charge in [-0.3, -0.25) is 4.79 Å². The van der Waals surface area contributed by atoms with Crippen molar-refractivity contribution in [1.29, 1.82) is 0 Å². The molecule has 2 aromatic heterocycles. The Balaban J connectivity index is 1.69. The van der Waals surface area contributed by atoms with Gasteiger partial charge in [-0.15, -0.1) is 0 Å². The molecule has 1 unspecified atom stereocenters. The van der Waals surface area contributed by atoms with Crippen molar-refractivity contribution in [2.45, 2.75) is 50.0 Å². The zero-order valence-electron chi connectivity index (χ0n) is 17.5. The van der Waals surface area contributed by atoms with Gasteiger partial charge in [0.1, 0.15) is 0 Å². The number of pyridine rings is 1. The maximum absolute atomic E-state index is 14.0. The number of nitrogens with one attached hydrogen (secondary N) is 1. The molecule has 32 heavy (non-hydrogen) atoms. The number of anilines is 2. The van der Waals surface area contributed by atoms with E-state index < -0.39 is 27.8 Å². The molecule has 1 amide bonds. The van der Waals surface area contributed by atoms with Crippen molar-refractivity contribution >= 4 is 27.4 Å². The molecule has 0 saturated carbocycles. The Bertz CT molecular complexity index is 1160. The Labute approximate surface area is 184 Å². The third kappa shape index (κ3) is 4.56. The van der Waals surface area contributed by atoms with E-state index in [0.29, 0.717) is 6.42 Å². The van der Waals surface area contributed by atoms with E-state index in [1.807, 2.05) is 0 Å². The fourth-order valence-electron chi connectivity index (χ4n) is 3.96. The van der Waals surface area contributed by atoms with Gasteiger partial charge in [-0.25, -0.2) is 37.3 Å². The fraction of sp³-hybridized carbons (Fsp3) is 0.500. The number of amides is 1. The van der Waals surface area contributed by atoms with Crippen LogP contribution in [0, 0.1) is 5.92 Å². The van der Waals surface area contributed by atoms with E-state index in [2.05, 4.69) is 20.3 Å². The molecule has 12 heteroatoms. The molecular weight excluding hydrogens is 442 g/mol. The van der Waals surface area contributed by atoms with Crippen LogP contribution in [0.5, 0.6) is 0 Å². The Kier molecular flexibility index (Phi) is 5.84. The predicted octanol–water partition coefficient (Wildman–Crippen LogP) is 2.13. The van der Waals surface area contributed by atoms with Crippen LogP contribution in [0.3, 0.4) is 0 Å². The number of fused-ring (bicyclic) bond motifs is 1. The van der Waals surface area contributed by atoms with Crippen LogP contribution < -0.4 is 15.4 Å². The Hall–Kier alpha value is -2.73. The molecule has 3 N–H and O–H groups in total. The fourth-order valence-corrected chi connectivity index (χ4v) is 4.46. The number of aryl methyl sites for hydroxylation is 2. The lowest BCUT2D eigenvalue weighted by molar-refractivity contribution is -0.0652. The number of nitrogens with zero attached hydrogens (tertiary/aromatic N) is 4. The van der Waals surface area contributed by atoms with Gasteiger partial charge in [0.2, 0.25) is 0 Å². The molecule has 172 valence electrons. The number of hydrogen-bond acceptors (Lipinski definition) is 7. The van der Waals surface area contributed by atoms with Gasteiger partial charge < -0.3 is 10.2 Å². The number of nitrogens with two attached hydrogens (primary N) is 1. The second-order valence-electron chi connectivity index (χ2n) is 8.24. The number of piperidine rings is 1. The maximum atomic E-state index is 14.0. The number of hydrogen-bond donors (Lipinski definition) is 2. The normalized spacial score (nSPS) is 20.5. The highest BCUT2D eigenvalue weighted by Crippen LogP contribution is 2.36. The van der Waals surface area contributed by atoms with Crippen LogP contribution in [0.1, 0.15) is 48.1 Å². The number of sulfonamides is 1. The van der Waals surface area contributed by atoms with E-state index in [0.717, 1.165) is 36.7 Å². The van der Waals surface area contributed by atoms with Gasteiger partial charge >= 0.3 is 0 Å². The molecule has 1 aliphatic carbocycles. The predicted molar refractivity (Wildman–Crippen MR) is 113 cm³/mol. The third-order valence-electron chi connectivity index (χ3n) is 5.84. The molecule has 2 aromatic rings. The number of carbonyl (C=O) groups is 1. The Morgan fingerprint density at radius 1 is 1.25 bits per heavy atom. The van der Waals surface area contributed by atoms with E-state index in [1.54, 1.807) is 4.90 Å². The monoisotopic (exact) mass is 466 g/mol. The molecule has 4 rings (SSSR count). The van der Waals surface area contributed by atoms with Crippen LogP contribution in [0.25, 0.3) is 0 Å². The first-order chi connectivity index (χ1) is 15.0. The highest BCUT2D eigenvalue weighted by atomic mass is 32.2. The molecule has 0 spiro atoms. The van der Waals surface area contributed by atoms with Crippen molar-refractivity contribution in [2.24, 2.45) is 11.1 Å². The van der Waals surface area contributed by atoms with Crippen molar-refractivity contribution in [2.75, 3.05) is 23.3 Å². The summed E-state index contributed by atoms with van der Waals surface area (Å²) in [7, 11) is -4.05. The Morgan fingerprint density at radius 2 is 1.94 bits per heavy atom. The quantitative estimate of drug-likeness (QED) is 0.706. The average Bonchev–Trinajstić information content (AvgIpc) is 2.74. The molecule has 0 bridgehead atoms. The smallest absolute Gasteiger partial charge is 0.278 e. The van der Waals surface area contributed by atoms with Gasteiger partial charge in [0.15, 0.2) is 16.5 Å². The number of rotatable bonds is 4. The van der Waals surface area contributed by atoms with E-state index in [9.17, 15) is 22.0 Å². The summed E-state index contributed by atoms with van der Waals surface area (Å²) >= 11 is 0. The molecular formula is C20H24F2N6O3S. The van der Waals surface area contributed by atoms with Crippen molar-refractivity contribution in [3.63, 3.8) is 0 Å². The lowest BCUT2D eigenvalue weighted by Gasteiger charge is -2.38. The summed E-state index contributed by atoms with van der Waals surface area (Å²) in [6.07, 6.45) is 4.16. The van der Waals surface area contributed by atoms with E-state index >= 15 is 0 Å². The topological polar surface area (TPSA) is 131 Å². The number of primary sulfonamides is 1. The van der Waals surface area contributed by atoms with Crippen molar-refractivity contribution in [3.05, 3.63) is 35.4 Å². The first-order valence-electron chi connectivity index (χ1n) is 10.4. The zero-order chi connectivity index (χ0) is 23.1. The standard InChI is InChI=1S/C20H24F2N6O3S/c1-12-11-28(9-7-20(12,21)22)18-17(26-14-4-2-3-5-15(14)27-18)19(29)25-13-6-8-24-16(10-13)32(23,30)31/h6,8,10,12H,2-5,7,9,11H2,1H3,(H2,23,30,31)(H,24,25,29). The first-order valence-corrected chi connectivity index (χ1v) is 11.9. The molecule has 1 saturated heterocycles.